The van der Waals surface area contributed by atoms with Crippen LogP contribution in [0.25, 0.3) is 0 Å². The Kier molecular flexibility index (Phi) is 8.47. The summed E-state index contributed by atoms with van der Waals surface area (Å²) >= 11 is 0. The quantitative estimate of drug-likeness (QED) is 0.660. The van der Waals surface area contributed by atoms with Crippen molar-refractivity contribution in [2.24, 2.45) is 0 Å². The molecule has 1 unspecified atom stereocenters. The molecule has 3 nitrogen and oxygen atoms in total. The largest absolute Gasteiger partial charge is 0.379 e. The minimum Gasteiger partial charge on any atom is -0.379 e. The van der Waals surface area contributed by atoms with Gasteiger partial charge >= 0.3 is 0 Å². The fourth-order valence-corrected chi connectivity index (χ4v) is 2.01. The molecule has 0 aromatic heterocycles. The smallest absolute Gasteiger partial charge is 0.0701 e. The van der Waals surface area contributed by atoms with Gasteiger partial charge in [-0.05, 0) is 31.5 Å². The second kappa shape index (κ2) is 9.96. The molecule has 19 heavy (non-hydrogen) atoms. The number of aryl methyl sites for hydroxylation is 1. The summed E-state index contributed by atoms with van der Waals surface area (Å²) in [7, 11) is 1.97. The van der Waals surface area contributed by atoms with Crippen LogP contribution in [0.5, 0.6) is 0 Å². The van der Waals surface area contributed by atoms with E-state index in [1.54, 1.807) is 0 Å². The Labute approximate surface area is 117 Å². The topological polar surface area (TPSA) is 30.5 Å². The zero-order valence-electron chi connectivity index (χ0n) is 12.4. The molecule has 0 fully saturated rings. The molecule has 1 N–H and O–H groups in total. The lowest BCUT2D eigenvalue weighted by Crippen LogP contribution is -2.22. The Morgan fingerprint density at radius 1 is 1.05 bits per heavy atom. The SMILES string of the molecule is CCCc1ccc(C(COCCOCC)NC)cc1. The number of hydrogen-bond acceptors (Lipinski definition) is 3. The minimum absolute atomic E-state index is 0.248. The standard InChI is InChI=1S/C16H27NO2/c1-4-6-14-7-9-15(10-8-14)16(17-3)13-19-12-11-18-5-2/h7-10,16-17H,4-6,11-13H2,1-3H3. The first-order chi connectivity index (χ1) is 9.31. The van der Waals surface area contributed by atoms with Crippen molar-refractivity contribution in [3.63, 3.8) is 0 Å². The summed E-state index contributed by atoms with van der Waals surface area (Å²) in [6.45, 7) is 6.95. The minimum atomic E-state index is 0.248. The summed E-state index contributed by atoms with van der Waals surface area (Å²) in [5.74, 6) is 0. The second-order valence-electron chi connectivity index (χ2n) is 4.60. The third-order valence-corrected chi connectivity index (χ3v) is 3.13. The molecule has 0 saturated heterocycles. The van der Waals surface area contributed by atoms with Crippen LogP contribution >= 0.6 is 0 Å². The number of nitrogens with one attached hydrogen (secondary N) is 1. The number of benzene rings is 1. The van der Waals surface area contributed by atoms with E-state index >= 15 is 0 Å². The predicted molar refractivity (Wildman–Crippen MR) is 79.5 cm³/mol. The van der Waals surface area contributed by atoms with E-state index in [0.29, 0.717) is 19.8 Å². The summed E-state index contributed by atoms with van der Waals surface area (Å²) in [4.78, 5) is 0. The average molecular weight is 265 g/mol. The molecular formula is C16H27NO2. The molecule has 1 rings (SSSR count). The molecule has 0 aliphatic carbocycles. The van der Waals surface area contributed by atoms with Crippen molar-refractivity contribution in [3.8, 4) is 0 Å². The van der Waals surface area contributed by atoms with Crippen LogP contribution in [0.2, 0.25) is 0 Å². The van der Waals surface area contributed by atoms with Gasteiger partial charge in [0.05, 0.1) is 25.9 Å². The van der Waals surface area contributed by atoms with Crippen LogP contribution in [0.1, 0.15) is 37.4 Å². The first-order valence-corrected chi connectivity index (χ1v) is 7.23. The number of ether oxygens (including phenoxy) is 2. The van der Waals surface area contributed by atoms with Crippen LogP contribution in [0.3, 0.4) is 0 Å². The van der Waals surface area contributed by atoms with Crippen molar-refractivity contribution in [1.82, 2.24) is 5.32 Å². The van der Waals surface area contributed by atoms with E-state index in [1.807, 2.05) is 14.0 Å². The highest BCUT2D eigenvalue weighted by Crippen LogP contribution is 2.15. The monoisotopic (exact) mass is 265 g/mol. The van der Waals surface area contributed by atoms with Crippen LogP contribution in [0.15, 0.2) is 24.3 Å². The summed E-state index contributed by atoms with van der Waals surface area (Å²) in [6, 6.07) is 9.06. The highest BCUT2D eigenvalue weighted by molar-refractivity contribution is 5.25. The Bertz CT molecular complexity index is 324. The van der Waals surface area contributed by atoms with Gasteiger partial charge in [0.25, 0.3) is 0 Å². The molecule has 0 bridgehead atoms. The molecule has 108 valence electrons. The van der Waals surface area contributed by atoms with Crippen molar-refractivity contribution in [1.29, 1.82) is 0 Å². The van der Waals surface area contributed by atoms with Gasteiger partial charge in [-0.3, -0.25) is 0 Å². The molecule has 1 aromatic rings. The van der Waals surface area contributed by atoms with E-state index < -0.39 is 0 Å². The molecule has 0 aliphatic rings. The van der Waals surface area contributed by atoms with Crippen LogP contribution in [0, 0.1) is 0 Å². The van der Waals surface area contributed by atoms with Crippen LogP contribution < -0.4 is 5.32 Å². The van der Waals surface area contributed by atoms with Gasteiger partial charge in [0.2, 0.25) is 0 Å². The van der Waals surface area contributed by atoms with Crippen LogP contribution in [-0.2, 0) is 15.9 Å². The van der Waals surface area contributed by atoms with Gasteiger partial charge in [-0.1, -0.05) is 37.6 Å². The van der Waals surface area contributed by atoms with Gasteiger partial charge < -0.3 is 14.8 Å². The zero-order valence-corrected chi connectivity index (χ0v) is 12.4. The van der Waals surface area contributed by atoms with E-state index in [0.717, 1.165) is 13.0 Å². The molecular weight excluding hydrogens is 238 g/mol. The fraction of sp³-hybridized carbons (Fsp3) is 0.625. The molecule has 0 aliphatic heterocycles. The molecule has 0 saturated carbocycles. The Balaban J connectivity index is 2.40. The zero-order chi connectivity index (χ0) is 13.9. The Morgan fingerprint density at radius 2 is 1.74 bits per heavy atom. The van der Waals surface area contributed by atoms with Crippen molar-refractivity contribution in [2.45, 2.75) is 32.7 Å². The van der Waals surface area contributed by atoms with E-state index in [2.05, 4.69) is 36.5 Å². The highest BCUT2D eigenvalue weighted by Gasteiger charge is 2.08. The molecule has 0 heterocycles. The summed E-state index contributed by atoms with van der Waals surface area (Å²) in [5, 5.41) is 3.29. The molecule has 1 aromatic carbocycles. The molecule has 0 amide bonds. The maximum atomic E-state index is 5.63. The lowest BCUT2D eigenvalue weighted by molar-refractivity contribution is 0.0441. The summed E-state index contributed by atoms with van der Waals surface area (Å²) < 4.78 is 10.9. The van der Waals surface area contributed by atoms with Gasteiger partial charge in [-0.2, -0.15) is 0 Å². The molecule has 3 heteroatoms. The second-order valence-corrected chi connectivity index (χ2v) is 4.60. The third-order valence-electron chi connectivity index (χ3n) is 3.13. The Morgan fingerprint density at radius 3 is 2.32 bits per heavy atom. The van der Waals surface area contributed by atoms with Crippen LogP contribution in [0.4, 0.5) is 0 Å². The van der Waals surface area contributed by atoms with E-state index in [-0.39, 0.29) is 6.04 Å². The predicted octanol–water partition coefficient (Wildman–Crippen LogP) is 2.95. The van der Waals surface area contributed by atoms with E-state index in [4.69, 9.17) is 9.47 Å². The maximum Gasteiger partial charge on any atom is 0.0701 e. The van der Waals surface area contributed by atoms with Crippen molar-refractivity contribution in [3.05, 3.63) is 35.4 Å². The highest BCUT2D eigenvalue weighted by atomic mass is 16.5. The first kappa shape index (κ1) is 16.2. The third kappa shape index (κ3) is 6.19. The summed E-state index contributed by atoms with van der Waals surface area (Å²) in [5.41, 5.74) is 2.68. The van der Waals surface area contributed by atoms with Gasteiger partial charge in [-0.25, -0.2) is 0 Å². The number of likely N-dealkylation sites (N-methyl/N-ethyl adjacent to an activating group) is 1. The van der Waals surface area contributed by atoms with Crippen LogP contribution in [-0.4, -0.2) is 33.5 Å². The molecule has 0 radical (unpaired) electrons. The van der Waals surface area contributed by atoms with E-state index in [9.17, 15) is 0 Å². The van der Waals surface area contributed by atoms with Gasteiger partial charge in [0.15, 0.2) is 0 Å². The summed E-state index contributed by atoms with van der Waals surface area (Å²) in [6.07, 6.45) is 2.34. The number of rotatable bonds is 10. The first-order valence-electron chi connectivity index (χ1n) is 7.23. The normalized spacial score (nSPS) is 12.6. The molecule has 0 spiro atoms. The average Bonchev–Trinajstić information content (AvgIpc) is 2.44. The van der Waals surface area contributed by atoms with Gasteiger partial charge in [0, 0.05) is 6.61 Å². The number of hydrogen-bond donors (Lipinski definition) is 1. The van der Waals surface area contributed by atoms with Crippen molar-refractivity contribution in [2.75, 3.05) is 33.5 Å². The maximum absolute atomic E-state index is 5.63. The lowest BCUT2D eigenvalue weighted by Gasteiger charge is -2.17. The fourth-order valence-electron chi connectivity index (χ4n) is 2.01. The van der Waals surface area contributed by atoms with Gasteiger partial charge in [0.1, 0.15) is 0 Å². The Hall–Kier alpha value is -0.900. The van der Waals surface area contributed by atoms with Crippen molar-refractivity contribution < 1.29 is 9.47 Å². The lowest BCUT2D eigenvalue weighted by atomic mass is 10.0. The van der Waals surface area contributed by atoms with E-state index in [1.165, 1.54) is 17.5 Å². The van der Waals surface area contributed by atoms with Crippen molar-refractivity contribution >= 4 is 0 Å². The van der Waals surface area contributed by atoms with Gasteiger partial charge in [-0.15, -0.1) is 0 Å². The molecule has 1 atom stereocenters.